The molecule has 0 aromatic heterocycles. The molecule has 0 bridgehead atoms. The third kappa shape index (κ3) is 2.36. The summed E-state index contributed by atoms with van der Waals surface area (Å²) < 4.78 is 0. The second-order valence-electron chi connectivity index (χ2n) is 3.80. The Morgan fingerprint density at radius 3 is 2.59 bits per heavy atom. The third-order valence-corrected chi connectivity index (χ3v) is 2.55. The van der Waals surface area contributed by atoms with Crippen molar-refractivity contribution in [2.24, 2.45) is 4.99 Å². The van der Waals surface area contributed by atoms with Crippen LogP contribution < -0.4 is 5.32 Å². The van der Waals surface area contributed by atoms with Crippen LogP contribution in [0.25, 0.3) is 5.76 Å². The number of carbonyl (C=O) groups is 1. The Hall–Kier alpha value is -2.10. The molecule has 2 N–H and O–H groups in total. The van der Waals surface area contributed by atoms with Crippen LogP contribution in [-0.2, 0) is 4.79 Å². The molecule has 0 saturated carbocycles. The molecule has 4 nitrogen and oxygen atoms in total. The standard InChI is InChI=1S/C13H14N2O2/c1-9(16)11(13-14-7-8-15-13)12(17)10-5-3-2-4-6-10/h2-6,17H,7-8H2,1H3,(H,14,15). The Labute approximate surface area is 99.7 Å². The zero-order valence-corrected chi connectivity index (χ0v) is 9.60. The molecular weight excluding hydrogens is 216 g/mol. The van der Waals surface area contributed by atoms with Crippen molar-refractivity contribution in [3.8, 4) is 0 Å². The highest BCUT2D eigenvalue weighted by atomic mass is 16.3. The fraction of sp³-hybridized carbons (Fsp3) is 0.231. The summed E-state index contributed by atoms with van der Waals surface area (Å²) >= 11 is 0. The normalized spacial score (nSPS) is 15.9. The van der Waals surface area contributed by atoms with Crippen LogP contribution in [0.4, 0.5) is 0 Å². The topological polar surface area (TPSA) is 61.7 Å². The molecule has 88 valence electrons. The molecule has 0 amide bonds. The predicted octanol–water partition coefficient (Wildman–Crippen LogP) is 1.55. The number of aliphatic imine (C=N–C) groups is 1. The van der Waals surface area contributed by atoms with Crippen molar-refractivity contribution in [3.63, 3.8) is 0 Å². The molecule has 1 aromatic rings. The van der Waals surface area contributed by atoms with Crippen LogP contribution >= 0.6 is 0 Å². The van der Waals surface area contributed by atoms with Gasteiger partial charge in [-0.25, -0.2) is 0 Å². The average molecular weight is 230 g/mol. The van der Waals surface area contributed by atoms with Gasteiger partial charge in [-0.05, 0) is 6.92 Å². The molecule has 0 aliphatic carbocycles. The van der Waals surface area contributed by atoms with E-state index in [9.17, 15) is 9.90 Å². The smallest absolute Gasteiger partial charge is 0.167 e. The molecule has 0 spiro atoms. The number of amidine groups is 1. The molecule has 0 saturated heterocycles. The summed E-state index contributed by atoms with van der Waals surface area (Å²) in [4.78, 5) is 15.8. The maximum atomic E-state index is 11.6. The van der Waals surface area contributed by atoms with Gasteiger partial charge in [-0.1, -0.05) is 30.3 Å². The van der Waals surface area contributed by atoms with E-state index in [0.29, 0.717) is 24.5 Å². The van der Waals surface area contributed by atoms with Gasteiger partial charge in [0.15, 0.2) is 5.78 Å². The second kappa shape index (κ2) is 4.82. The lowest BCUT2D eigenvalue weighted by Crippen LogP contribution is -2.25. The molecule has 0 radical (unpaired) electrons. The summed E-state index contributed by atoms with van der Waals surface area (Å²) in [6.07, 6.45) is 0. The van der Waals surface area contributed by atoms with Crippen molar-refractivity contribution < 1.29 is 9.90 Å². The van der Waals surface area contributed by atoms with E-state index in [4.69, 9.17) is 0 Å². The van der Waals surface area contributed by atoms with Crippen LogP contribution in [0, 0.1) is 0 Å². The lowest BCUT2D eigenvalue weighted by molar-refractivity contribution is -0.113. The Morgan fingerprint density at radius 1 is 1.35 bits per heavy atom. The lowest BCUT2D eigenvalue weighted by atomic mass is 10.0. The van der Waals surface area contributed by atoms with Gasteiger partial charge in [-0.15, -0.1) is 0 Å². The quantitative estimate of drug-likeness (QED) is 0.611. The maximum absolute atomic E-state index is 11.6. The summed E-state index contributed by atoms with van der Waals surface area (Å²) in [5.41, 5.74) is 0.878. The molecule has 0 fully saturated rings. The van der Waals surface area contributed by atoms with Crippen LogP contribution in [0.1, 0.15) is 12.5 Å². The number of benzene rings is 1. The number of nitrogens with one attached hydrogen (secondary N) is 1. The number of hydrogen-bond acceptors (Lipinski definition) is 4. The number of carbonyl (C=O) groups excluding carboxylic acids is 1. The van der Waals surface area contributed by atoms with E-state index < -0.39 is 0 Å². The van der Waals surface area contributed by atoms with E-state index in [1.54, 1.807) is 12.1 Å². The van der Waals surface area contributed by atoms with E-state index in [1.165, 1.54) is 6.92 Å². The van der Waals surface area contributed by atoms with Gasteiger partial charge in [0.2, 0.25) is 0 Å². The van der Waals surface area contributed by atoms with Crippen molar-refractivity contribution >= 4 is 17.4 Å². The first-order valence-corrected chi connectivity index (χ1v) is 5.48. The number of ketones is 1. The van der Waals surface area contributed by atoms with E-state index in [0.717, 1.165) is 0 Å². The highest BCUT2D eigenvalue weighted by Crippen LogP contribution is 2.18. The summed E-state index contributed by atoms with van der Waals surface area (Å²) in [5, 5.41) is 13.1. The van der Waals surface area contributed by atoms with Gasteiger partial charge in [0, 0.05) is 12.1 Å². The number of rotatable bonds is 3. The monoisotopic (exact) mass is 230 g/mol. The van der Waals surface area contributed by atoms with Gasteiger partial charge in [-0.3, -0.25) is 9.79 Å². The molecule has 1 aromatic carbocycles. The number of aliphatic hydroxyl groups is 1. The summed E-state index contributed by atoms with van der Waals surface area (Å²) in [5.74, 6) is 0.268. The molecule has 1 aliphatic heterocycles. The van der Waals surface area contributed by atoms with Crippen LogP contribution in [0.15, 0.2) is 40.9 Å². The number of aliphatic hydroxyl groups excluding tert-OH is 1. The molecule has 4 heteroatoms. The number of Topliss-reactive ketones (excluding diaryl/α,β-unsaturated/α-hetero) is 1. The van der Waals surface area contributed by atoms with Crippen molar-refractivity contribution in [1.29, 1.82) is 0 Å². The second-order valence-corrected chi connectivity index (χ2v) is 3.80. The van der Waals surface area contributed by atoms with E-state index >= 15 is 0 Å². The molecule has 1 aliphatic rings. The first-order valence-electron chi connectivity index (χ1n) is 5.48. The fourth-order valence-corrected chi connectivity index (χ4v) is 1.75. The van der Waals surface area contributed by atoms with E-state index in [1.807, 2.05) is 18.2 Å². The summed E-state index contributed by atoms with van der Waals surface area (Å²) in [6.45, 7) is 2.76. The Morgan fingerprint density at radius 2 is 2.06 bits per heavy atom. The fourth-order valence-electron chi connectivity index (χ4n) is 1.75. The lowest BCUT2D eigenvalue weighted by Gasteiger charge is -2.08. The van der Waals surface area contributed by atoms with Crippen molar-refractivity contribution in [3.05, 3.63) is 41.5 Å². The molecular formula is C13H14N2O2. The summed E-state index contributed by atoms with van der Waals surface area (Å²) in [7, 11) is 0. The van der Waals surface area contributed by atoms with Gasteiger partial charge in [0.1, 0.15) is 17.2 Å². The Balaban J connectivity index is 2.47. The molecule has 17 heavy (non-hydrogen) atoms. The highest BCUT2D eigenvalue weighted by molar-refractivity contribution is 6.25. The Kier molecular flexibility index (Phi) is 3.23. The van der Waals surface area contributed by atoms with Crippen LogP contribution in [-0.4, -0.2) is 29.8 Å². The average Bonchev–Trinajstić information content (AvgIpc) is 2.83. The van der Waals surface area contributed by atoms with E-state index in [-0.39, 0.29) is 17.1 Å². The minimum Gasteiger partial charge on any atom is -0.506 e. The SMILES string of the molecule is CC(=O)C(C1=NCCN1)=C(O)c1ccccc1. The zero-order valence-electron chi connectivity index (χ0n) is 9.60. The Bertz CT molecular complexity index is 489. The van der Waals surface area contributed by atoms with E-state index in [2.05, 4.69) is 10.3 Å². The summed E-state index contributed by atoms with van der Waals surface area (Å²) in [6, 6.07) is 9.00. The minimum absolute atomic E-state index is 0.0220. The molecule has 0 unspecified atom stereocenters. The molecule has 1 heterocycles. The molecule has 2 rings (SSSR count). The zero-order chi connectivity index (χ0) is 12.3. The van der Waals surface area contributed by atoms with Crippen LogP contribution in [0.5, 0.6) is 0 Å². The first-order chi connectivity index (χ1) is 8.20. The van der Waals surface area contributed by atoms with Crippen molar-refractivity contribution in [2.75, 3.05) is 13.1 Å². The third-order valence-electron chi connectivity index (χ3n) is 2.55. The van der Waals surface area contributed by atoms with Gasteiger partial charge in [-0.2, -0.15) is 0 Å². The predicted molar refractivity (Wildman–Crippen MR) is 67.0 cm³/mol. The first kappa shape index (κ1) is 11.4. The molecule has 0 atom stereocenters. The van der Waals surface area contributed by atoms with Gasteiger partial charge < -0.3 is 10.4 Å². The van der Waals surface area contributed by atoms with Crippen LogP contribution in [0.2, 0.25) is 0 Å². The highest BCUT2D eigenvalue weighted by Gasteiger charge is 2.20. The minimum atomic E-state index is -0.195. The maximum Gasteiger partial charge on any atom is 0.167 e. The van der Waals surface area contributed by atoms with Gasteiger partial charge in [0.05, 0.1) is 6.54 Å². The van der Waals surface area contributed by atoms with Gasteiger partial charge in [0.25, 0.3) is 0 Å². The van der Waals surface area contributed by atoms with Crippen molar-refractivity contribution in [1.82, 2.24) is 5.32 Å². The van der Waals surface area contributed by atoms with Gasteiger partial charge >= 0.3 is 0 Å². The van der Waals surface area contributed by atoms with Crippen LogP contribution in [0.3, 0.4) is 0 Å². The largest absolute Gasteiger partial charge is 0.506 e. The van der Waals surface area contributed by atoms with Crippen molar-refractivity contribution in [2.45, 2.75) is 6.92 Å². The number of nitrogens with zero attached hydrogens (tertiary/aromatic N) is 1. The number of hydrogen-bond donors (Lipinski definition) is 2.